The standard InChI is InChI=1S/C18H20BrClF2N4O2/c1-9-8-25(17(27)28-18(2,3)4)5-6-26(9)15-10-7-11(20)12(19)13(21)14(10)23-16(22)24-15/h7,9H,5-6,8H2,1-4H3. The van der Waals surface area contributed by atoms with Gasteiger partial charge in [0.15, 0.2) is 5.82 Å². The molecule has 0 spiro atoms. The quantitative estimate of drug-likeness (QED) is 0.437. The Kier molecular flexibility index (Phi) is 5.69. The molecule has 1 fully saturated rings. The second-order valence-corrected chi connectivity index (χ2v) is 8.87. The second-order valence-electron chi connectivity index (χ2n) is 7.67. The molecule has 0 aliphatic carbocycles. The van der Waals surface area contributed by atoms with Crippen LogP contribution in [-0.4, -0.2) is 52.2 Å². The van der Waals surface area contributed by atoms with Gasteiger partial charge in [-0.05, 0) is 49.7 Å². The number of carbonyl (C=O) groups excluding carboxylic acids is 1. The van der Waals surface area contributed by atoms with Gasteiger partial charge in [0, 0.05) is 31.1 Å². The number of rotatable bonds is 1. The van der Waals surface area contributed by atoms with E-state index in [9.17, 15) is 13.6 Å². The van der Waals surface area contributed by atoms with Crippen LogP contribution in [-0.2, 0) is 4.74 Å². The van der Waals surface area contributed by atoms with Crippen LogP contribution in [0, 0.1) is 11.9 Å². The van der Waals surface area contributed by atoms with E-state index in [0.29, 0.717) is 25.0 Å². The van der Waals surface area contributed by atoms with Crippen molar-refractivity contribution >= 4 is 50.3 Å². The third-order valence-corrected chi connectivity index (χ3v) is 5.63. The Bertz CT molecular complexity index is 938. The third kappa shape index (κ3) is 4.15. The Morgan fingerprint density at radius 3 is 2.61 bits per heavy atom. The minimum absolute atomic E-state index is 0.0218. The van der Waals surface area contributed by atoms with Crippen LogP contribution < -0.4 is 4.90 Å². The van der Waals surface area contributed by atoms with Gasteiger partial charge in [-0.1, -0.05) is 11.6 Å². The van der Waals surface area contributed by atoms with E-state index >= 15 is 0 Å². The molecule has 1 saturated heterocycles. The number of halogens is 4. The summed E-state index contributed by atoms with van der Waals surface area (Å²) in [4.78, 5) is 23.2. The summed E-state index contributed by atoms with van der Waals surface area (Å²) in [6, 6.07) is 1.30. The highest BCUT2D eigenvalue weighted by Gasteiger charge is 2.32. The van der Waals surface area contributed by atoms with Crippen LogP contribution in [0.3, 0.4) is 0 Å². The van der Waals surface area contributed by atoms with Crippen molar-refractivity contribution in [1.82, 2.24) is 14.9 Å². The van der Waals surface area contributed by atoms with Gasteiger partial charge in [-0.15, -0.1) is 0 Å². The summed E-state index contributed by atoms with van der Waals surface area (Å²) in [5.74, 6) is -0.503. The van der Waals surface area contributed by atoms with Gasteiger partial charge in [0.1, 0.15) is 16.9 Å². The Balaban J connectivity index is 1.93. The molecule has 0 bridgehead atoms. The summed E-state index contributed by atoms with van der Waals surface area (Å²) in [7, 11) is 0. The molecule has 10 heteroatoms. The van der Waals surface area contributed by atoms with Crippen molar-refractivity contribution in [3.05, 3.63) is 27.5 Å². The van der Waals surface area contributed by atoms with Crippen molar-refractivity contribution in [3.8, 4) is 0 Å². The lowest BCUT2D eigenvalue weighted by Crippen LogP contribution is -2.55. The molecule has 1 aromatic carbocycles. The molecule has 0 radical (unpaired) electrons. The van der Waals surface area contributed by atoms with Gasteiger partial charge in [-0.2, -0.15) is 14.4 Å². The smallest absolute Gasteiger partial charge is 0.410 e. The van der Waals surface area contributed by atoms with Crippen LogP contribution in [0.15, 0.2) is 10.5 Å². The molecule has 28 heavy (non-hydrogen) atoms. The van der Waals surface area contributed by atoms with E-state index in [4.69, 9.17) is 16.3 Å². The Morgan fingerprint density at radius 1 is 1.32 bits per heavy atom. The summed E-state index contributed by atoms with van der Waals surface area (Å²) in [6.07, 6.45) is -1.44. The summed E-state index contributed by atoms with van der Waals surface area (Å²) in [6.45, 7) is 8.37. The predicted octanol–water partition coefficient (Wildman–Crippen LogP) is 4.77. The van der Waals surface area contributed by atoms with Crippen molar-refractivity contribution < 1.29 is 18.3 Å². The molecule has 1 aliphatic rings. The van der Waals surface area contributed by atoms with Crippen molar-refractivity contribution in [2.24, 2.45) is 0 Å². The van der Waals surface area contributed by atoms with E-state index in [2.05, 4.69) is 25.9 Å². The number of carbonyl (C=O) groups is 1. The SMILES string of the molecule is CC1CN(C(=O)OC(C)(C)C)CCN1c1nc(F)nc2c(F)c(Br)c(Cl)cc12. The number of piperazine rings is 1. The minimum atomic E-state index is -1.03. The first-order valence-corrected chi connectivity index (χ1v) is 9.90. The second kappa shape index (κ2) is 7.59. The number of amides is 1. The van der Waals surface area contributed by atoms with Crippen LogP contribution in [0.2, 0.25) is 5.02 Å². The topological polar surface area (TPSA) is 58.6 Å². The number of nitrogens with zero attached hydrogens (tertiary/aromatic N) is 4. The zero-order valence-electron chi connectivity index (χ0n) is 15.9. The van der Waals surface area contributed by atoms with Crippen LogP contribution >= 0.6 is 27.5 Å². The lowest BCUT2D eigenvalue weighted by Gasteiger charge is -2.41. The van der Waals surface area contributed by atoms with Gasteiger partial charge < -0.3 is 14.5 Å². The van der Waals surface area contributed by atoms with Crippen LogP contribution in [0.5, 0.6) is 0 Å². The van der Waals surface area contributed by atoms with Crippen LogP contribution in [0.25, 0.3) is 10.9 Å². The molecular weight excluding hydrogens is 458 g/mol. The molecule has 0 saturated carbocycles. The number of ether oxygens (including phenoxy) is 1. The highest BCUT2D eigenvalue weighted by molar-refractivity contribution is 9.10. The maximum Gasteiger partial charge on any atom is 0.410 e. The molecule has 152 valence electrons. The molecule has 1 atom stereocenters. The van der Waals surface area contributed by atoms with Gasteiger partial charge in [0.2, 0.25) is 0 Å². The van der Waals surface area contributed by atoms with Crippen molar-refractivity contribution in [2.45, 2.75) is 39.3 Å². The van der Waals surface area contributed by atoms with Gasteiger partial charge in [0.05, 0.1) is 9.50 Å². The summed E-state index contributed by atoms with van der Waals surface area (Å²) >= 11 is 9.13. The molecule has 2 heterocycles. The fourth-order valence-corrected chi connectivity index (χ4v) is 3.61. The zero-order valence-corrected chi connectivity index (χ0v) is 18.2. The lowest BCUT2D eigenvalue weighted by atomic mass is 10.1. The van der Waals surface area contributed by atoms with Crippen molar-refractivity contribution in [2.75, 3.05) is 24.5 Å². The van der Waals surface area contributed by atoms with Gasteiger partial charge in [0.25, 0.3) is 0 Å². The average molecular weight is 478 g/mol. The van der Waals surface area contributed by atoms with E-state index in [1.54, 1.807) is 25.7 Å². The van der Waals surface area contributed by atoms with Gasteiger partial charge in [-0.25, -0.2) is 9.18 Å². The molecule has 1 aromatic heterocycles. The molecule has 1 amide bonds. The minimum Gasteiger partial charge on any atom is -0.444 e. The van der Waals surface area contributed by atoms with Crippen molar-refractivity contribution in [1.29, 1.82) is 0 Å². The number of hydrogen-bond acceptors (Lipinski definition) is 5. The van der Waals surface area contributed by atoms with Gasteiger partial charge in [-0.3, -0.25) is 0 Å². The van der Waals surface area contributed by atoms with E-state index < -0.39 is 23.6 Å². The van der Waals surface area contributed by atoms with Crippen LogP contribution in [0.1, 0.15) is 27.7 Å². The van der Waals surface area contributed by atoms with Crippen LogP contribution in [0.4, 0.5) is 19.4 Å². The summed E-state index contributed by atoms with van der Waals surface area (Å²) < 4.78 is 34.0. The number of hydrogen-bond donors (Lipinski definition) is 0. The van der Waals surface area contributed by atoms with E-state index in [1.165, 1.54) is 6.07 Å². The maximum atomic E-state index is 14.5. The fraction of sp³-hybridized carbons (Fsp3) is 0.500. The summed E-state index contributed by atoms with van der Waals surface area (Å²) in [5.41, 5.74) is -0.744. The fourth-order valence-electron chi connectivity index (χ4n) is 3.11. The maximum absolute atomic E-state index is 14.5. The average Bonchev–Trinajstić information content (AvgIpc) is 2.58. The molecule has 6 nitrogen and oxygen atoms in total. The first-order chi connectivity index (χ1) is 13.0. The molecular formula is C18H20BrClF2N4O2. The van der Waals surface area contributed by atoms with E-state index in [1.807, 2.05) is 11.8 Å². The molecule has 1 unspecified atom stereocenters. The molecule has 1 aliphatic heterocycles. The van der Waals surface area contributed by atoms with Crippen molar-refractivity contribution in [3.63, 3.8) is 0 Å². The van der Waals surface area contributed by atoms with Gasteiger partial charge >= 0.3 is 12.2 Å². The third-order valence-electron chi connectivity index (χ3n) is 4.33. The first-order valence-electron chi connectivity index (χ1n) is 8.73. The number of fused-ring (bicyclic) bond motifs is 1. The molecule has 3 rings (SSSR count). The molecule has 0 N–H and O–H groups in total. The normalized spacial score (nSPS) is 17.9. The monoisotopic (exact) mass is 476 g/mol. The highest BCUT2D eigenvalue weighted by atomic mass is 79.9. The van der Waals surface area contributed by atoms with E-state index in [-0.39, 0.29) is 26.9 Å². The molecule has 2 aromatic rings. The zero-order chi connectivity index (χ0) is 20.8. The Hall–Kier alpha value is -1.74. The largest absolute Gasteiger partial charge is 0.444 e. The number of aromatic nitrogens is 2. The lowest BCUT2D eigenvalue weighted by molar-refractivity contribution is 0.0218. The Morgan fingerprint density at radius 2 is 2.00 bits per heavy atom. The Labute approximate surface area is 174 Å². The number of anilines is 1. The number of benzene rings is 1. The highest BCUT2D eigenvalue weighted by Crippen LogP contribution is 2.36. The van der Waals surface area contributed by atoms with E-state index in [0.717, 1.165) is 0 Å². The predicted molar refractivity (Wildman–Crippen MR) is 107 cm³/mol. The first kappa shape index (κ1) is 21.0. The summed E-state index contributed by atoms with van der Waals surface area (Å²) in [5, 5.41) is 0.450.